The molecule has 1 aliphatic rings. The van der Waals surface area contributed by atoms with Crippen LogP contribution < -0.4 is 10.0 Å². The van der Waals surface area contributed by atoms with Gasteiger partial charge in [0.25, 0.3) is 5.56 Å². The van der Waals surface area contributed by atoms with Crippen molar-refractivity contribution < 1.29 is 28.8 Å². The summed E-state index contributed by atoms with van der Waals surface area (Å²) in [6.07, 6.45) is 2.32. The number of esters is 1. The van der Waals surface area contributed by atoms with Gasteiger partial charge in [-0.3, -0.25) is 19.4 Å². The normalized spacial score (nSPS) is 13.1. The van der Waals surface area contributed by atoms with Gasteiger partial charge in [-0.1, -0.05) is 48.8 Å². The van der Waals surface area contributed by atoms with E-state index < -0.39 is 5.97 Å². The Hall–Kier alpha value is -4.46. The lowest BCUT2D eigenvalue weighted by atomic mass is 9.97. The van der Waals surface area contributed by atoms with Crippen molar-refractivity contribution in [2.45, 2.75) is 64.8 Å². The number of hydrogen-bond acceptors (Lipinski definition) is 11. The van der Waals surface area contributed by atoms with Crippen molar-refractivity contribution in [1.29, 1.82) is 0 Å². The van der Waals surface area contributed by atoms with Crippen LogP contribution in [0.1, 0.15) is 64.1 Å². The van der Waals surface area contributed by atoms with Crippen LogP contribution in [-0.2, 0) is 33.7 Å². The zero-order valence-electron chi connectivity index (χ0n) is 27.9. The minimum absolute atomic E-state index is 0.0399. The van der Waals surface area contributed by atoms with Crippen molar-refractivity contribution in [2.75, 3.05) is 37.9 Å². The molecule has 1 aliphatic heterocycles. The Morgan fingerprint density at radius 3 is 2.52 bits per heavy atom. The number of benzene rings is 2. The van der Waals surface area contributed by atoms with Crippen LogP contribution in [0.3, 0.4) is 0 Å². The standard InChI is InChI=1S/C35H41N5O7S/c1-6-7-12-31-36-23(3)28(20-32(41)38-15-17-46-18-16-38)34(42)39(31)21-25-13-14-26(29(19-25)35(43)45-5)27-10-8-9-11-30(27)48-40(44)33-22(2)24(4)47-37-33/h8-11,13-14,19,44H,6-7,12,15-18,20-21H2,1-5H3. The molecule has 12 nitrogen and oxygen atoms in total. The van der Waals surface area contributed by atoms with Gasteiger partial charge in [-0.15, -0.1) is 0 Å². The van der Waals surface area contributed by atoms with Crippen LogP contribution >= 0.6 is 11.9 Å². The van der Waals surface area contributed by atoms with Crippen molar-refractivity contribution in [3.63, 3.8) is 0 Å². The van der Waals surface area contributed by atoms with E-state index in [-0.39, 0.29) is 30.2 Å². The Kier molecular flexibility index (Phi) is 11.3. The number of methoxy groups -OCH3 is 1. The zero-order valence-corrected chi connectivity index (χ0v) is 28.8. The van der Waals surface area contributed by atoms with E-state index in [2.05, 4.69) is 12.1 Å². The van der Waals surface area contributed by atoms with Crippen LogP contribution in [0.25, 0.3) is 11.1 Å². The molecule has 4 aromatic rings. The van der Waals surface area contributed by atoms with E-state index in [1.807, 2.05) is 36.4 Å². The lowest BCUT2D eigenvalue weighted by molar-refractivity contribution is -0.134. The molecule has 48 heavy (non-hydrogen) atoms. The van der Waals surface area contributed by atoms with Crippen LogP contribution in [-0.4, -0.2) is 70.1 Å². The molecule has 1 amide bonds. The summed E-state index contributed by atoms with van der Waals surface area (Å²) in [6.45, 7) is 9.52. The molecular formula is C35H41N5O7S. The molecule has 1 N–H and O–H groups in total. The third-order valence-electron chi connectivity index (χ3n) is 8.50. The average Bonchev–Trinajstić information content (AvgIpc) is 3.44. The van der Waals surface area contributed by atoms with Crippen molar-refractivity contribution >= 4 is 29.6 Å². The van der Waals surface area contributed by atoms with Crippen molar-refractivity contribution in [3.05, 3.63) is 92.4 Å². The van der Waals surface area contributed by atoms with E-state index in [9.17, 15) is 19.6 Å². The maximum Gasteiger partial charge on any atom is 0.338 e. The summed E-state index contributed by atoms with van der Waals surface area (Å²) in [5.41, 5.74) is 3.63. The van der Waals surface area contributed by atoms with Crippen LogP contribution in [0.15, 0.2) is 56.7 Å². The molecule has 0 saturated carbocycles. The van der Waals surface area contributed by atoms with Crippen LogP contribution in [0.4, 0.5) is 5.82 Å². The highest BCUT2D eigenvalue weighted by molar-refractivity contribution is 8.00. The number of hydrogen-bond donors (Lipinski definition) is 1. The lowest BCUT2D eigenvalue weighted by Gasteiger charge is -2.27. The summed E-state index contributed by atoms with van der Waals surface area (Å²) >= 11 is 1.03. The number of nitrogens with zero attached hydrogens (tertiary/aromatic N) is 5. The van der Waals surface area contributed by atoms with E-state index >= 15 is 0 Å². The Labute approximate surface area is 283 Å². The molecule has 2 aromatic heterocycles. The molecule has 2 aromatic carbocycles. The summed E-state index contributed by atoms with van der Waals surface area (Å²) in [5, 5.41) is 14.8. The van der Waals surface area contributed by atoms with E-state index in [0.717, 1.165) is 29.3 Å². The van der Waals surface area contributed by atoms with E-state index in [4.69, 9.17) is 19.0 Å². The molecule has 1 fully saturated rings. The fourth-order valence-corrected chi connectivity index (χ4v) is 6.46. The van der Waals surface area contributed by atoms with E-state index in [1.165, 1.54) is 7.11 Å². The summed E-state index contributed by atoms with van der Waals surface area (Å²) in [4.78, 5) is 47.6. The number of anilines is 1. The molecular weight excluding hydrogens is 634 g/mol. The summed E-state index contributed by atoms with van der Waals surface area (Å²) in [6, 6.07) is 12.8. The average molecular weight is 676 g/mol. The molecule has 0 radical (unpaired) electrons. The fraction of sp³-hybridized carbons (Fsp3) is 0.400. The van der Waals surface area contributed by atoms with Gasteiger partial charge in [0, 0.05) is 53.2 Å². The SMILES string of the molecule is CCCCc1nc(C)c(CC(=O)N2CCOCC2)c(=O)n1Cc1ccc(-c2ccccc2SN(O)c2noc(C)c2C)c(C(=O)OC)c1. The van der Waals surface area contributed by atoms with Gasteiger partial charge < -0.3 is 18.9 Å². The molecule has 0 aliphatic carbocycles. The third kappa shape index (κ3) is 7.64. The van der Waals surface area contributed by atoms with Gasteiger partial charge in [-0.25, -0.2) is 9.78 Å². The fourth-order valence-electron chi connectivity index (χ4n) is 5.60. The second-order valence-electron chi connectivity index (χ2n) is 11.7. The van der Waals surface area contributed by atoms with E-state index in [0.29, 0.717) is 88.3 Å². The first-order valence-corrected chi connectivity index (χ1v) is 16.7. The van der Waals surface area contributed by atoms with Crippen molar-refractivity contribution in [3.8, 4) is 11.1 Å². The van der Waals surface area contributed by atoms with Gasteiger partial charge >= 0.3 is 5.97 Å². The largest absolute Gasteiger partial charge is 0.465 e. The van der Waals surface area contributed by atoms with Crippen molar-refractivity contribution in [2.24, 2.45) is 0 Å². The summed E-state index contributed by atoms with van der Waals surface area (Å²) < 4.78 is 18.3. The maximum absolute atomic E-state index is 14.0. The second-order valence-corrected chi connectivity index (χ2v) is 12.6. The Balaban J connectivity index is 1.51. The minimum Gasteiger partial charge on any atom is -0.465 e. The molecule has 3 heterocycles. The van der Waals surface area contributed by atoms with Crippen LogP contribution in [0.2, 0.25) is 0 Å². The lowest BCUT2D eigenvalue weighted by Crippen LogP contribution is -2.42. The Bertz CT molecular complexity index is 1850. The molecule has 0 bridgehead atoms. The quantitative estimate of drug-likeness (QED) is 0.119. The number of aromatic nitrogens is 3. The first-order valence-electron chi connectivity index (χ1n) is 16.0. The van der Waals surface area contributed by atoms with Gasteiger partial charge in [-0.2, -0.15) is 4.47 Å². The van der Waals surface area contributed by atoms with Gasteiger partial charge in [0.15, 0.2) is 0 Å². The van der Waals surface area contributed by atoms with E-state index in [1.54, 1.807) is 36.3 Å². The number of amides is 1. The highest BCUT2D eigenvalue weighted by Crippen LogP contribution is 2.37. The topological polar surface area (TPSA) is 140 Å². The number of carbonyl (C=O) groups excluding carboxylic acids is 2. The smallest absolute Gasteiger partial charge is 0.338 e. The zero-order chi connectivity index (χ0) is 34.4. The number of ether oxygens (including phenoxy) is 2. The number of morpholine rings is 1. The van der Waals surface area contributed by atoms with Crippen LogP contribution in [0, 0.1) is 20.8 Å². The minimum atomic E-state index is -0.548. The van der Waals surface area contributed by atoms with Gasteiger partial charge in [0.2, 0.25) is 11.7 Å². The molecule has 0 unspecified atom stereocenters. The van der Waals surface area contributed by atoms with Gasteiger partial charge in [-0.05, 0) is 56.0 Å². The summed E-state index contributed by atoms with van der Waals surface area (Å²) in [5.74, 6) is 0.829. The van der Waals surface area contributed by atoms with Crippen LogP contribution in [0.5, 0.6) is 0 Å². The third-order valence-corrected chi connectivity index (χ3v) is 9.40. The van der Waals surface area contributed by atoms with Crippen molar-refractivity contribution in [1.82, 2.24) is 19.6 Å². The number of unbranched alkanes of at least 4 members (excludes halogenated alkanes) is 1. The summed E-state index contributed by atoms with van der Waals surface area (Å²) in [7, 11) is 1.32. The molecule has 5 rings (SSSR count). The van der Waals surface area contributed by atoms with Gasteiger partial charge in [0.05, 0.1) is 38.9 Å². The molecule has 1 saturated heterocycles. The number of rotatable bonds is 12. The molecule has 13 heteroatoms. The first kappa shape index (κ1) is 34.9. The Morgan fingerprint density at radius 1 is 1.08 bits per heavy atom. The monoisotopic (exact) mass is 675 g/mol. The number of carbonyl (C=O) groups is 2. The second kappa shape index (κ2) is 15.6. The molecule has 0 atom stereocenters. The highest BCUT2D eigenvalue weighted by Gasteiger charge is 2.24. The predicted molar refractivity (Wildman–Crippen MR) is 181 cm³/mol. The highest BCUT2D eigenvalue weighted by atomic mass is 32.2. The predicted octanol–water partition coefficient (Wildman–Crippen LogP) is 5.31. The Morgan fingerprint density at radius 2 is 1.83 bits per heavy atom. The first-order chi connectivity index (χ1) is 23.1. The van der Waals surface area contributed by atoms with Gasteiger partial charge in [0.1, 0.15) is 11.6 Å². The number of aryl methyl sites for hydroxylation is 3. The molecule has 0 spiro atoms. The molecule has 254 valence electrons. The maximum atomic E-state index is 14.0.